The van der Waals surface area contributed by atoms with Gasteiger partial charge in [-0.2, -0.15) is 0 Å². The van der Waals surface area contributed by atoms with Crippen LogP contribution in [0, 0.1) is 0 Å². The smallest absolute Gasteiger partial charge is 0.257 e. The summed E-state index contributed by atoms with van der Waals surface area (Å²) in [5.41, 5.74) is 5.30. The van der Waals surface area contributed by atoms with E-state index in [-0.39, 0.29) is 5.91 Å². The van der Waals surface area contributed by atoms with E-state index in [0.29, 0.717) is 10.7 Å². The number of rotatable bonds is 7. The minimum absolute atomic E-state index is 0.170. The number of aromatic nitrogens is 2. The van der Waals surface area contributed by atoms with Gasteiger partial charge in [-0.15, -0.1) is 34.4 Å². The minimum atomic E-state index is -0.170. The second-order valence-corrected chi connectivity index (χ2v) is 8.64. The van der Waals surface area contributed by atoms with Crippen LogP contribution in [0.5, 0.6) is 5.75 Å². The number of carbonyl (C=O) groups excluding carboxylic acids is 1. The molecule has 5 nitrogen and oxygen atoms in total. The first kappa shape index (κ1) is 19.6. The van der Waals surface area contributed by atoms with Gasteiger partial charge in [-0.3, -0.25) is 10.1 Å². The molecule has 0 radical (unpaired) electrons. The number of nitrogens with zero attached hydrogens (tertiary/aromatic N) is 2. The molecule has 2 aromatic carbocycles. The lowest BCUT2D eigenvalue weighted by Crippen LogP contribution is -2.11. The maximum atomic E-state index is 12.5. The molecule has 0 unspecified atom stereocenters. The molecule has 0 aliphatic rings. The Morgan fingerprint density at radius 1 is 1.10 bits per heavy atom. The van der Waals surface area contributed by atoms with E-state index in [9.17, 15) is 4.79 Å². The minimum Gasteiger partial charge on any atom is -0.497 e. The van der Waals surface area contributed by atoms with Crippen LogP contribution in [-0.2, 0) is 5.75 Å². The molecule has 0 atom stereocenters. The molecule has 29 heavy (non-hydrogen) atoms. The van der Waals surface area contributed by atoms with Gasteiger partial charge in [-0.1, -0.05) is 0 Å². The van der Waals surface area contributed by atoms with E-state index in [1.807, 2.05) is 64.8 Å². The summed E-state index contributed by atoms with van der Waals surface area (Å²) < 4.78 is 5.18. The maximum Gasteiger partial charge on any atom is 0.257 e. The zero-order chi connectivity index (χ0) is 20.1. The van der Waals surface area contributed by atoms with Gasteiger partial charge < -0.3 is 4.74 Å². The average Bonchev–Trinajstić information content (AvgIpc) is 3.45. The number of ether oxygens (including phenoxy) is 1. The van der Waals surface area contributed by atoms with Crippen molar-refractivity contribution in [2.75, 3.05) is 12.4 Å². The monoisotopic (exact) mass is 439 g/mol. The predicted octanol–water partition coefficient (Wildman–Crippen LogP) is 5.82. The number of thioether (sulfide) groups is 1. The highest BCUT2D eigenvalue weighted by Gasteiger charge is 2.10. The van der Waals surface area contributed by atoms with Crippen molar-refractivity contribution in [3.8, 4) is 17.0 Å². The van der Waals surface area contributed by atoms with Crippen LogP contribution in [0.4, 0.5) is 5.13 Å². The summed E-state index contributed by atoms with van der Waals surface area (Å²) in [6, 6.07) is 15.2. The Labute approximate surface area is 180 Å². The Bertz CT molecular complexity index is 1080. The van der Waals surface area contributed by atoms with Crippen molar-refractivity contribution in [3.63, 3.8) is 0 Å². The van der Waals surface area contributed by atoms with Crippen molar-refractivity contribution >= 4 is 45.5 Å². The molecule has 0 bridgehead atoms. The Balaban J connectivity index is 1.37. The first-order valence-corrected chi connectivity index (χ1v) is 11.5. The van der Waals surface area contributed by atoms with Gasteiger partial charge in [-0.05, 0) is 48.5 Å². The lowest BCUT2D eigenvalue weighted by molar-refractivity contribution is 0.102. The van der Waals surface area contributed by atoms with Crippen LogP contribution >= 0.6 is 34.4 Å². The number of carbonyl (C=O) groups is 1. The van der Waals surface area contributed by atoms with Gasteiger partial charge in [0, 0.05) is 32.5 Å². The van der Waals surface area contributed by atoms with Crippen molar-refractivity contribution in [1.82, 2.24) is 9.97 Å². The van der Waals surface area contributed by atoms with E-state index < -0.39 is 0 Å². The molecule has 1 amide bonds. The Morgan fingerprint density at radius 3 is 2.59 bits per heavy atom. The molecule has 0 aliphatic carbocycles. The molecule has 2 heterocycles. The third-order valence-electron chi connectivity index (χ3n) is 4.10. The SMILES string of the molecule is COc1ccc(-c2csc(NC(=O)c3ccc(SCc4cscn4)cc3)n2)cc1. The van der Waals surface area contributed by atoms with Gasteiger partial charge in [0.1, 0.15) is 5.75 Å². The van der Waals surface area contributed by atoms with E-state index in [2.05, 4.69) is 15.3 Å². The lowest BCUT2D eigenvalue weighted by Gasteiger charge is -2.04. The highest BCUT2D eigenvalue weighted by Crippen LogP contribution is 2.27. The molecule has 1 N–H and O–H groups in total. The zero-order valence-corrected chi connectivity index (χ0v) is 17.9. The number of methoxy groups -OCH3 is 1. The number of nitrogens with one attached hydrogen (secondary N) is 1. The topological polar surface area (TPSA) is 64.1 Å². The first-order chi connectivity index (χ1) is 14.2. The van der Waals surface area contributed by atoms with Crippen molar-refractivity contribution in [2.45, 2.75) is 10.6 Å². The Hall–Kier alpha value is -2.68. The number of hydrogen-bond acceptors (Lipinski definition) is 7. The van der Waals surface area contributed by atoms with Crippen LogP contribution < -0.4 is 10.1 Å². The third kappa shape index (κ3) is 5.03. The number of benzene rings is 2. The first-order valence-electron chi connectivity index (χ1n) is 8.72. The van der Waals surface area contributed by atoms with Crippen molar-refractivity contribution in [1.29, 1.82) is 0 Å². The van der Waals surface area contributed by atoms with Crippen molar-refractivity contribution in [3.05, 3.63) is 76.1 Å². The fraction of sp³-hybridized carbons (Fsp3) is 0.0952. The number of thiazole rings is 2. The van der Waals surface area contributed by atoms with E-state index in [1.165, 1.54) is 11.3 Å². The van der Waals surface area contributed by atoms with E-state index in [4.69, 9.17) is 4.74 Å². The largest absolute Gasteiger partial charge is 0.497 e. The summed E-state index contributed by atoms with van der Waals surface area (Å²) in [5, 5.41) is 7.42. The average molecular weight is 440 g/mol. The van der Waals surface area contributed by atoms with Gasteiger partial charge in [0.2, 0.25) is 0 Å². The number of anilines is 1. The fourth-order valence-corrected chi connectivity index (χ4v) is 4.74. The molecular weight excluding hydrogens is 422 g/mol. The molecule has 4 rings (SSSR count). The zero-order valence-electron chi connectivity index (χ0n) is 15.5. The van der Waals surface area contributed by atoms with E-state index in [1.54, 1.807) is 30.2 Å². The number of amides is 1. The quantitative estimate of drug-likeness (QED) is 0.368. The van der Waals surface area contributed by atoms with Gasteiger partial charge in [0.25, 0.3) is 5.91 Å². The van der Waals surface area contributed by atoms with E-state index in [0.717, 1.165) is 33.3 Å². The van der Waals surface area contributed by atoms with E-state index >= 15 is 0 Å². The Morgan fingerprint density at radius 2 is 1.90 bits per heavy atom. The van der Waals surface area contributed by atoms with Crippen LogP contribution in [0.2, 0.25) is 0 Å². The summed E-state index contributed by atoms with van der Waals surface area (Å²) in [7, 11) is 1.64. The van der Waals surface area contributed by atoms with Crippen LogP contribution in [0.3, 0.4) is 0 Å². The molecule has 8 heteroatoms. The second kappa shape index (κ2) is 9.21. The summed E-state index contributed by atoms with van der Waals surface area (Å²) >= 11 is 4.70. The van der Waals surface area contributed by atoms with Crippen LogP contribution in [0.25, 0.3) is 11.3 Å². The standard InChI is InChI=1S/C21H17N3O2S3/c1-26-17-6-2-14(3-7-17)19-12-29-21(23-19)24-20(25)15-4-8-18(9-5-15)28-11-16-10-27-13-22-16/h2-10,12-13H,11H2,1H3,(H,23,24,25). The highest BCUT2D eigenvalue weighted by atomic mass is 32.2. The van der Waals surface area contributed by atoms with Crippen LogP contribution in [0.1, 0.15) is 16.1 Å². The number of hydrogen-bond donors (Lipinski definition) is 1. The molecule has 0 aliphatic heterocycles. The predicted molar refractivity (Wildman–Crippen MR) is 120 cm³/mol. The summed E-state index contributed by atoms with van der Waals surface area (Å²) in [5.74, 6) is 1.45. The second-order valence-electron chi connectivity index (χ2n) is 6.01. The van der Waals surface area contributed by atoms with Gasteiger partial charge in [0.05, 0.1) is 24.0 Å². The molecule has 4 aromatic rings. The highest BCUT2D eigenvalue weighted by molar-refractivity contribution is 7.98. The third-order valence-corrected chi connectivity index (χ3v) is 6.54. The molecular formula is C21H17N3O2S3. The fourth-order valence-electron chi connectivity index (χ4n) is 2.56. The summed E-state index contributed by atoms with van der Waals surface area (Å²) in [6.07, 6.45) is 0. The summed E-state index contributed by atoms with van der Waals surface area (Å²) in [6.45, 7) is 0. The summed E-state index contributed by atoms with van der Waals surface area (Å²) in [4.78, 5) is 22.4. The van der Waals surface area contributed by atoms with Crippen LogP contribution in [0.15, 0.2) is 69.7 Å². The van der Waals surface area contributed by atoms with Crippen molar-refractivity contribution < 1.29 is 9.53 Å². The van der Waals surface area contributed by atoms with Gasteiger partial charge >= 0.3 is 0 Å². The molecule has 0 fully saturated rings. The maximum absolute atomic E-state index is 12.5. The molecule has 0 saturated heterocycles. The molecule has 146 valence electrons. The molecule has 0 spiro atoms. The van der Waals surface area contributed by atoms with Crippen LogP contribution in [-0.4, -0.2) is 23.0 Å². The molecule has 2 aromatic heterocycles. The molecule has 0 saturated carbocycles. The lowest BCUT2D eigenvalue weighted by atomic mass is 10.2. The van der Waals surface area contributed by atoms with Crippen molar-refractivity contribution in [2.24, 2.45) is 0 Å². The van der Waals surface area contributed by atoms with Gasteiger partial charge in [0.15, 0.2) is 5.13 Å². The normalized spacial score (nSPS) is 10.7. The Kier molecular flexibility index (Phi) is 6.24. The van der Waals surface area contributed by atoms with Gasteiger partial charge in [-0.25, -0.2) is 9.97 Å².